The molecule has 0 saturated heterocycles. The van der Waals surface area contributed by atoms with Crippen molar-refractivity contribution in [2.24, 2.45) is 10.9 Å². The summed E-state index contributed by atoms with van der Waals surface area (Å²) < 4.78 is 18.9. The van der Waals surface area contributed by atoms with Crippen LogP contribution in [-0.4, -0.2) is 16.0 Å². The van der Waals surface area contributed by atoms with Gasteiger partial charge < -0.3 is 15.7 Å². The van der Waals surface area contributed by atoms with E-state index in [4.69, 9.17) is 15.7 Å². The topological polar surface area (TPSA) is 80.7 Å². The van der Waals surface area contributed by atoms with Gasteiger partial charge in [-0.05, 0) is 18.2 Å². The van der Waals surface area contributed by atoms with Crippen LogP contribution in [0.15, 0.2) is 34.9 Å². The van der Waals surface area contributed by atoms with Gasteiger partial charge >= 0.3 is 0 Å². The standard InChI is InChI=1S/C11H10FN3O2S/c12-8-5-7(11(13)15-16)1-2-9(8)17-6-10-14-3-4-18-10/h1-5,16H,6H2,(H2,13,15). The quantitative estimate of drug-likeness (QED) is 0.384. The van der Waals surface area contributed by atoms with E-state index in [0.29, 0.717) is 0 Å². The van der Waals surface area contributed by atoms with Gasteiger partial charge in [0.15, 0.2) is 17.4 Å². The molecular weight excluding hydrogens is 257 g/mol. The van der Waals surface area contributed by atoms with Crippen molar-refractivity contribution in [2.45, 2.75) is 6.61 Å². The number of halogens is 1. The Hall–Kier alpha value is -2.15. The van der Waals surface area contributed by atoms with Gasteiger partial charge in [-0.2, -0.15) is 0 Å². The van der Waals surface area contributed by atoms with Crippen molar-refractivity contribution in [2.75, 3.05) is 0 Å². The first-order valence-corrected chi connectivity index (χ1v) is 5.87. The summed E-state index contributed by atoms with van der Waals surface area (Å²) in [5.41, 5.74) is 5.64. The SMILES string of the molecule is N/C(=N/O)c1ccc(OCc2nccs2)c(F)c1. The zero-order valence-corrected chi connectivity index (χ0v) is 10.0. The Kier molecular flexibility index (Phi) is 3.73. The third-order valence-corrected chi connectivity index (χ3v) is 2.92. The van der Waals surface area contributed by atoms with Gasteiger partial charge in [-0.1, -0.05) is 5.16 Å². The first-order chi connectivity index (χ1) is 8.70. The predicted octanol–water partition coefficient (Wildman–Crippen LogP) is 1.96. The van der Waals surface area contributed by atoms with E-state index >= 15 is 0 Å². The van der Waals surface area contributed by atoms with E-state index in [1.54, 1.807) is 6.20 Å². The number of hydrogen-bond acceptors (Lipinski definition) is 5. The van der Waals surface area contributed by atoms with E-state index in [2.05, 4.69) is 10.1 Å². The fourth-order valence-electron chi connectivity index (χ4n) is 1.30. The van der Waals surface area contributed by atoms with Gasteiger partial charge in [-0.15, -0.1) is 11.3 Å². The van der Waals surface area contributed by atoms with Crippen molar-refractivity contribution in [3.8, 4) is 5.75 Å². The summed E-state index contributed by atoms with van der Waals surface area (Å²) >= 11 is 1.43. The molecule has 0 fully saturated rings. The Morgan fingerprint density at radius 3 is 3.00 bits per heavy atom. The summed E-state index contributed by atoms with van der Waals surface area (Å²) in [4.78, 5) is 4.02. The summed E-state index contributed by atoms with van der Waals surface area (Å²) in [5, 5.41) is 13.8. The molecule has 5 nitrogen and oxygen atoms in total. The smallest absolute Gasteiger partial charge is 0.170 e. The lowest BCUT2D eigenvalue weighted by atomic mass is 10.2. The fourth-order valence-corrected chi connectivity index (χ4v) is 1.83. The number of amidine groups is 1. The number of oxime groups is 1. The van der Waals surface area contributed by atoms with Gasteiger partial charge in [-0.3, -0.25) is 0 Å². The largest absolute Gasteiger partial charge is 0.483 e. The average Bonchev–Trinajstić information content (AvgIpc) is 2.89. The van der Waals surface area contributed by atoms with E-state index in [1.807, 2.05) is 5.38 Å². The molecule has 94 valence electrons. The number of hydrogen-bond donors (Lipinski definition) is 2. The Balaban J connectivity index is 2.10. The molecule has 0 aliphatic carbocycles. The van der Waals surface area contributed by atoms with Crippen LogP contribution in [0.2, 0.25) is 0 Å². The highest BCUT2D eigenvalue weighted by Crippen LogP contribution is 2.20. The van der Waals surface area contributed by atoms with Crippen molar-refractivity contribution < 1.29 is 14.3 Å². The van der Waals surface area contributed by atoms with Crippen LogP contribution in [0, 0.1) is 5.82 Å². The maximum atomic E-state index is 13.6. The molecule has 0 bridgehead atoms. The van der Waals surface area contributed by atoms with Gasteiger partial charge in [0.05, 0.1) is 0 Å². The van der Waals surface area contributed by atoms with Gasteiger partial charge in [0.2, 0.25) is 0 Å². The van der Waals surface area contributed by atoms with Crippen LogP contribution in [0.5, 0.6) is 5.75 Å². The van der Waals surface area contributed by atoms with E-state index in [-0.39, 0.29) is 23.8 Å². The lowest BCUT2D eigenvalue weighted by molar-refractivity contribution is 0.289. The minimum atomic E-state index is -0.573. The highest BCUT2D eigenvalue weighted by molar-refractivity contribution is 7.09. The van der Waals surface area contributed by atoms with Crippen LogP contribution in [-0.2, 0) is 6.61 Å². The third kappa shape index (κ3) is 2.75. The van der Waals surface area contributed by atoms with Crippen LogP contribution in [0.1, 0.15) is 10.6 Å². The van der Waals surface area contributed by atoms with E-state index in [1.165, 1.54) is 23.5 Å². The van der Waals surface area contributed by atoms with Crippen molar-refractivity contribution in [3.63, 3.8) is 0 Å². The number of ether oxygens (including phenoxy) is 1. The minimum Gasteiger partial charge on any atom is -0.483 e. The number of nitrogens with zero attached hydrogens (tertiary/aromatic N) is 2. The maximum absolute atomic E-state index is 13.6. The molecule has 0 saturated carbocycles. The molecular formula is C11H10FN3O2S. The molecule has 18 heavy (non-hydrogen) atoms. The Morgan fingerprint density at radius 2 is 2.39 bits per heavy atom. The van der Waals surface area contributed by atoms with Crippen molar-refractivity contribution in [3.05, 3.63) is 46.2 Å². The number of nitrogens with two attached hydrogens (primary N) is 1. The molecule has 1 heterocycles. The Morgan fingerprint density at radius 1 is 1.56 bits per heavy atom. The maximum Gasteiger partial charge on any atom is 0.170 e. The second-order valence-corrected chi connectivity index (χ2v) is 4.32. The van der Waals surface area contributed by atoms with E-state index < -0.39 is 5.82 Å². The summed E-state index contributed by atoms with van der Waals surface area (Å²) in [6.45, 7) is 0.206. The van der Waals surface area contributed by atoms with Crippen molar-refractivity contribution in [1.29, 1.82) is 0 Å². The number of aromatic nitrogens is 1. The highest BCUT2D eigenvalue weighted by atomic mass is 32.1. The molecule has 3 N–H and O–H groups in total. The summed E-state index contributed by atoms with van der Waals surface area (Å²) in [5.74, 6) is -0.629. The van der Waals surface area contributed by atoms with Crippen LogP contribution < -0.4 is 10.5 Å². The normalized spacial score (nSPS) is 11.5. The Bertz CT molecular complexity index is 557. The van der Waals surface area contributed by atoms with E-state index in [0.717, 1.165) is 11.1 Å². The molecule has 0 spiro atoms. The molecule has 0 unspecified atom stereocenters. The average molecular weight is 267 g/mol. The molecule has 1 aromatic heterocycles. The highest BCUT2D eigenvalue weighted by Gasteiger charge is 2.08. The molecule has 0 aliphatic rings. The molecule has 1 aromatic carbocycles. The lowest BCUT2D eigenvalue weighted by Crippen LogP contribution is -2.13. The summed E-state index contributed by atoms with van der Waals surface area (Å²) in [7, 11) is 0. The monoisotopic (exact) mass is 267 g/mol. The van der Waals surface area contributed by atoms with Gasteiger partial charge in [0.1, 0.15) is 11.6 Å². The van der Waals surface area contributed by atoms with E-state index in [9.17, 15) is 4.39 Å². The van der Waals surface area contributed by atoms with Crippen molar-refractivity contribution in [1.82, 2.24) is 4.98 Å². The molecule has 2 aromatic rings. The van der Waals surface area contributed by atoms with Crippen molar-refractivity contribution >= 4 is 17.2 Å². The van der Waals surface area contributed by atoms with Gasteiger partial charge in [0, 0.05) is 17.1 Å². The second kappa shape index (κ2) is 5.46. The third-order valence-electron chi connectivity index (χ3n) is 2.17. The Labute approximate surface area is 106 Å². The summed E-state index contributed by atoms with van der Waals surface area (Å²) in [6, 6.07) is 4.08. The molecule has 7 heteroatoms. The molecule has 2 rings (SSSR count). The zero-order chi connectivity index (χ0) is 13.0. The van der Waals surface area contributed by atoms with Gasteiger partial charge in [-0.25, -0.2) is 9.37 Å². The fraction of sp³-hybridized carbons (Fsp3) is 0.0909. The minimum absolute atomic E-state index is 0.0969. The molecule has 0 aliphatic heterocycles. The number of thiazole rings is 1. The van der Waals surface area contributed by atoms with Crippen LogP contribution in [0.4, 0.5) is 4.39 Å². The zero-order valence-electron chi connectivity index (χ0n) is 9.21. The molecule has 0 radical (unpaired) electrons. The summed E-state index contributed by atoms with van der Waals surface area (Å²) in [6.07, 6.45) is 1.65. The number of rotatable bonds is 4. The first kappa shape index (κ1) is 12.3. The molecule has 0 amide bonds. The first-order valence-electron chi connectivity index (χ1n) is 4.99. The second-order valence-electron chi connectivity index (χ2n) is 3.34. The van der Waals surface area contributed by atoms with Crippen LogP contribution in [0.25, 0.3) is 0 Å². The van der Waals surface area contributed by atoms with Crippen LogP contribution >= 0.6 is 11.3 Å². The lowest BCUT2D eigenvalue weighted by Gasteiger charge is -2.06. The predicted molar refractivity (Wildman–Crippen MR) is 65.4 cm³/mol. The number of benzene rings is 1. The van der Waals surface area contributed by atoms with Gasteiger partial charge in [0.25, 0.3) is 0 Å². The molecule has 0 atom stereocenters. The van der Waals surface area contributed by atoms with Crippen LogP contribution in [0.3, 0.4) is 0 Å².